The lowest BCUT2D eigenvalue weighted by Gasteiger charge is -2.20. The van der Waals surface area contributed by atoms with Crippen molar-refractivity contribution >= 4 is 27.8 Å². The molecule has 1 fully saturated rings. The van der Waals surface area contributed by atoms with Gasteiger partial charge in [0.2, 0.25) is 5.91 Å². The standard InChI is InChI=1S/C16H19BrFNO3/c17-13-7-6-12(14(18)8-13)10-22-15(20)9-19-16(21)11-4-2-1-3-5-11/h6-8,11H,1-5,9-10H2,(H,19,21). The summed E-state index contributed by atoms with van der Waals surface area (Å²) in [6.07, 6.45) is 5.05. The Morgan fingerprint density at radius 3 is 2.68 bits per heavy atom. The zero-order chi connectivity index (χ0) is 15.9. The van der Waals surface area contributed by atoms with Crippen LogP contribution in [0.15, 0.2) is 22.7 Å². The lowest BCUT2D eigenvalue weighted by Crippen LogP contribution is -2.36. The molecule has 1 aromatic carbocycles. The van der Waals surface area contributed by atoms with Crippen LogP contribution in [-0.4, -0.2) is 18.4 Å². The second-order valence-electron chi connectivity index (χ2n) is 5.45. The van der Waals surface area contributed by atoms with E-state index in [1.165, 1.54) is 12.5 Å². The number of benzene rings is 1. The van der Waals surface area contributed by atoms with Crippen molar-refractivity contribution < 1.29 is 18.7 Å². The predicted molar refractivity (Wildman–Crippen MR) is 83.5 cm³/mol. The van der Waals surface area contributed by atoms with Crippen LogP contribution in [0, 0.1) is 11.7 Å². The highest BCUT2D eigenvalue weighted by Crippen LogP contribution is 2.23. The Bertz CT molecular complexity index is 544. The highest BCUT2D eigenvalue weighted by molar-refractivity contribution is 9.10. The largest absolute Gasteiger partial charge is 0.459 e. The Morgan fingerprint density at radius 1 is 1.27 bits per heavy atom. The third-order valence-corrected chi connectivity index (χ3v) is 4.28. The van der Waals surface area contributed by atoms with E-state index in [-0.39, 0.29) is 25.0 Å². The number of carbonyl (C=O) groups is 2. The van der Waals surface area contributed by atoms with Gasteiger partial charge in [0.1, 0.15) is 19.0 Å². The summed E-state index contributed by atoms with van der Waals surface area (Å²) in [5.74, 6) is -1.09. The predicted octanol–water partition coefficient (Wildman–Crippen LogP) is 3.33. The Hall–Kier alpha value is -1.43. The van der Waals surface area contributed by atoms with Gasteiger partial charge >= 0.3 is 5.97 Å². The number of amides is 1. The van der Waals surface area contributed by atoms with Gasteiger partial charge in [-0.05, 0) is 25.0 Å². The van der Waals surface area contributed by atoms with E-state index in [9.17, 15) is 14.0 Å². The number of carbonyl (C=O) groups excluding carboxylic acids is 2. The Labute approximate surface area is 137 Å². The fourth-order valence-corrected chi connectivity index (χ4v) is 2.85. The van der Waals surface area contributed by atoms with Crippen molar-refractivity contribution in [1.82, 2.24) is 5.32 Å². The van der Waals surface area contributed by atoms with Crippen molar-refractivity contribution in [2.75, 3.05) is 6.54 Å². The summed E-state index contributed by atoms with van der Waals surface area (Å²) in [6, 6.07) is 4.54. The summed E-state index contributed by atoms with van der Waals surface area (Å²) in [5, 5.41) is 2.60. The fraction of sp³-hybridized carbons (Fsp3) is 0.500. The summed E-state index contributed by atoms with van der Waals surface area (Å²) in [4.78, 5) is 23.5. The zero-order valence-corrected chi connectivity index (χ0v) is 13.8. The van der Waals surface area contributed by atoms with Crippen molar-refractivity contribution in [3.8, 4) is 0 Å². The third kappa shape index (κ3) is 5.09. The molecule has 0 saturated heterocycles. The van der Waals surface area contributed by atoms with E-state index < -0.39 is 11.8 Å². The summed E-state index contributed by atoms with van der Waals surface area (Å²) in [7, 11) is 0. The van der Waals surface area contributed by atoms with Crippen molar-refractivity contribution in [1.29, 1.82) is 0 Å². The van der Waals surface area contributed by atoms with Crippen LogP contribution in [-0.2, 0) is 20.9 Å². The first-order chi connectivity index (χ1) is 10.6. The van der Waals surface area contributed by atoms with Crippen molar-refractivity contribution in [2.45, 2.75) is 38.7 Å². The van der Waals surface area contributed by atoms with Crippen LogP contribution >= 0.6 is 15.9 Å². The molecule has 6 heteroatoms. The Balaban J connectivity index is 1.72. The lowest BCUT2D eigenvalue weighted by molar-refractivity contribution is -0.145. The minimum atomic E-state index is -0.563. The van der Waals surface area contributed by atoms with Gasteiger partial charge in [0, 0.05) is 16.0 Å². The lowest BCUT2D eigenvalue weighted by atomic mass is 9.89. The van der Waals surface area contributed by atoms with Gasteiger partial charge in [-0.15, -0.1) is 0 Å². The monoisotopic (exact) mass is 371 g/mol. The average Bonchev–Trinajstić information content (AvgIpc) is 2.52. The molecule has 0 spiro atoms. The molecular weight excluding hydrogens is 353 g/mol. The maximum absolute atomic E-state index is 13.6. The molecule has 0 unspecified atom stereocenters. The molecule has 2 rings (SSSR count). The smallest absolute Gasteiger partial charge is 0.325 e. The molecular formula is C16H19BrFNO3. The van der Waals surface area contributed by atoms with Gasteiger partial charge in [0.25, 0.3) is 0 Å². The number of nitrogens with one attached hydrogen (secondary N) is 1. The SMILES string of the molecule is O=C(CNC(=O)C1CCCCC1)OCc1ccc(Br)cc1F. The van der Waals surface area contributed by atoms with Crippen molar-refractivity contribution in [2.24, 2.45) is 5.92 Å². The molecule has 1 N–H and O–H groups in total. The first-order valence-corrected chi connectivity index (χ1v) is 8.23. The molecule has 0 radical (unpaired) electrons. The summed E-state index contributed by atoms with van der Waals surface area (Å²) >= 11 is 3.16. The third-order valence-electron chi connectivity index (χ3n) is 3.79. The van der Waals surface area contributed by atoms with Gasteiger partial charge in [-0.25, -0.2) is 4.39 Å². The Kier molecular flexibility index (Phi) is 6.36. The average molecular weight is 372 g/mol. The molecule has 1 aliphatic rings. The van der Waals surface area contributed by atoms with Gasteiger partial charge in [0.15, 0.2) is 0 Å². The van der Waals surface area contributed by atoms with Gasteiger partial charge in [-0.3, -0.25) is 9.59 Å². The number of hydrogen-bond donors (Lipinski definition) is 1. The molecule has 1 amide bonds. The van der Waals surface area contributed by atoms with Gasteiger partial charge < -0.3 is 10.1 Å². The van der Waals surface area contributed by atoms with E-state index >= 15 is 0 Å². The van der Waals surface area contributed by atoms with Crippen LogP contribution in [0.2, 0.25) is 0 Å². The van der Waals surface area contributed by atoms with Gasteiger partial charge in [0.05, 0.1) is 0 Å². The molecule has 1 saturated carbocycles. The van der Waals surface area contributed by atoms with E-state index in [1.807, 2.05) is 0 Å². The van der Waals surface area contributed by atoms with E-state index in [4.69, 9.17) is 4.74 Å². The molecule has 0 bridgehead atoms. The van der Waals surface area contributed by atoms with Crippen molar-refractivity contribution in [3.05, 3.63) is 34.1 Å². The minimum absolute atomic E-state index is 0.00506. The maximum Gasteiger partial charge on any atom is 0.325 e. The Morgan fingerprint density at radius 2 is 2.00 bits per heavy atom. The van der Waals surface area contributed by atoms with Gasteiger partial charge in [-0.2, -0.15) is 0 Å². The number of rotatable bonds is 5. The molecule has 0 heterocycles. The number of hydrogen-bond acceptors (Lipinski definition) is 3. The maximum atomic E-state index is 13.6. The molecule has 22 heavy (non-hydrogen) atoms. The first-order valence-electron chi connectivity index (χ1n) is 7.43. The fourth-order valence-electron chi connectivity index (χ4n) is 2.52. The van der Waals surface area contributed by atoms with Crippen LogP contribution in [0.25, 0.3) is 0 Å². The first kappa shape index (κ1) is 16.9. The summed E-state index contributed by atoms with van der Waals surface area (Å²) in [5.41, 5.74) is 0.301. The van der Waals surface area contributed by atoms with Crippen LogP contribution < -0.4 is 5.32 Å². The topological polar surface area (TPSA) is 55.4 Å². The molecule has 120 valence electrons. The summed E-state index contributed by atoms with van der Waals surface area (Å²) < 4.78 is 19.2. The quantitative estimate of drug-likeness (QED) is 0.807. The van der Waals surface area contributed by atoms with Crippen LogP contribution in [0.5, 0.6) is 0 Å². The van der Waals surface area contributed by atoms with E-state index in [0.717, 1.165) is 25.7 Å². The molecule has 1 aliphatic carbocycles. The second kappa shape index (κ2) is 8.27. The van der Waals surface area contributed by atoms with E-state index in [0.29, 0.717) is 10.0 Å². The number of ether oxygens (including phenoxy) is 1. The number of halogens is 2. The number of esters is 1. The molecule has 0 aliphatic heterocycles. The zero-order valence-electron chi connectivity index (χ0n) is 12.2. The van der Waals surface area contributed by atoms with Crippen LogP contribution in [0.1, 0.15) is 37.7 Å². The van der Waals surface area contributed by atoms with Crippen LogP contribution in [0.3, 0.4) is 0 Å². The highest BCUT2D eigenvalue weighted by Gasteiger charge is 2.21. The minimum Gasteiger partial charge on any atom is -0.459 e. The highest BCUT2D eigenvalue weighted by atomic mass is 79.9. The van der Waals surface area contributed by atoms with E-state index in [2.05, 4.69) is 21.2 Å². The molecule has 4 nitrogen and oxygen atoms in total. The molecule has 0 atom stereocenters. The van der Waals surface area contributed by atoms with Crippen molar-refractivity contribution in [3.63, 3.8) is 0 Å². The van der Waals surface area contributed by atoms with E-state index in [1.54, 1.807) is 12.1 Å². The van der Waals surface area contributed by atoms with Gasteiger partial charge in [-0.1, -0.05) is 41.3 Å². The molecule has 0 aromatic heterocycles. The second-order valence-corrected chi connectivity index (χ2v) is 6.36. The molecule has 1 aromatic rings. The summed E-state index contributed by atoms with van der Waals surface area (Å²) in [6.45, 7) is -0.315. The normalized spacial score (nSPS) is 15.4. The van der Waals surface area contributed by atoms with Crippen LogP contribution in [0.4, 0.5) is 4.39 Å².